The molecule has 2 rings (SSSR count). The molecule has 1 aromatic heterocycles. The summed E-state index contributed by atoms with van der Waals surface area (Å²) in [6.07, 6.45) is -4.16. The molecule has 0 unspecified atom stereocenters. The summed E-state index contributed by atoms with van der Waals surface area (Å²) in [6, 6.07) is 2.02. The van der Waals surface area contributed by atoms with Crippen LogP contribution in [0.1, 0.15) is 23.9 Å². The highest BCUT2D eigenvalue weighted by Crippen LogP contribution is 2.48. The van der Waals surface area contributed by atoms with E-state index >= 15 is 0 Å². The highest BCUT2D eigenvalue weighted by Gasteiger charge is 2.47. The van der Waals surface area contributed by atoms with Gasteiger partial charge in [0.05, 0.1) is 5.92 Å². The van der Waals surface area contributed by atoms with Crippen molar-refractivity contribution in [1.29, 1.82) is 0 Å². The van der Waals surface area contributed by atoms with Crippen molar-refractivity contribution in [3.8, 4) is 0 Å². The van der Waals surface area contributed by atoms with Gasteiger partial charge in [-0.1, -0.05) is 0 Å². The zero-order valence-corrected chi connectivity index (χ0v) is 7.41. The SMILES string of the molecule is O=C(O)[C@@H]1C[C@H]1c1ccc(C(F)(F)F)o1. The smallest absolute Gasteiger partial charge is 0.449 e. The van der Waals surface area contributed by atoms with Crippen molar-refractivity contribution in [3.05, 3.63) is 23.7 Å². The van der Waals surface area contributed by atoms with Crippen LogP contribution in [0, 0.1) is 5.92 Å². The van der Waals surface area contributed by atoms with Crippen LogP contribution in [0.5, 0.6) is 0 Å². The van der Waals surface area contributed by atoms with Crippen molar-refractivity contribution in [3.63, 3.8) is 0 Å². The minimum Gasteiger partial charge on any atom is -0.481 e. The third-order valence-corrected chi connectivity index (χ3v) is 2.38. The van der Waals surface area contributed by atoms with Crippen LogP contribution in [0.4, 0.5) is 13.2 Å². The predicted octanol–water partition coefficient (Wildman–Crippen LogP) is 2.49. The van der Waals surface area contributed by atoms with Crippen molar-refractivity contribution in [2.24, 2.45) is 5.92 Å². The first-order valence-electron chi connectivity index (χ1n) is 4.29. The second-order valence-electron chi connectivity index (χ2n) is 3.49. The van der Waals surface area contributed by atoms with Crippen LogP contribution in [0.3, 0.4) is 0 Å². The van der Waals surface area contributed by atoms with E-state index < -0.39 is 29.7 Å². The van der Waals surface area contributed by atoms with Crippen molar-refractivity contribution in [1.82, 2.24) is 0 Å². The molecule has 1 aromatic rings. The Hall–Kier alpha value is -1.46. The average Bonchev–Trinajstić information content (AvgIpc) is 2.74. The van der Waals surface area contributed by atoms with Crippen LogP contribution < -0.4 is 0 Å². The fourth-order valence-corrected chi connectivity index (χ4v) is 1.49. The van der Waals surface area contributed by atoms with Gasteiger partial charge in [0.2, 0.25) is 5.76 Å². The molecule has 0 amide bonds. The number of aliphatic carboxylic acids is 1. The largest absolute Gasteiger partial charge is 0.481 e. The van der Waals surface area contributed by atoms with Gasteiger partial charge in [-0.25, -0.2) is 0 Å². The number of furan rings is 1. The summed E-state index contributed by atoms with van der Waals surface area (Å²) in [4.78, 5) is 10.5. The van der Waals surface area contributed by atoms with Gasteiger partial charge in [0.1, 0.15) is 5.76 Å². The molecule has 2 atom stereocenters. The monoisotopic (exact) mass is 220 g/mol. The molecule has 0 aliphatic heterocycles. The summed E-state index contributed by atoms with van der Waals surface area (Å²) in [5.41, 5.74) is 0. The van der Waals surface area contributed by atoms with E-state index in [0.29, 0.717) is 6.42 Å². The molecule has 82 valence electrons. The standard InChI is InChI=1S/C9H7F3O3/c10-9(11,12)7-2-1-6(15-7)4-3-5(4)8(13)14/h1-2,4-5H,3H2,(H,13,14)/t4-,5-/m1/s1. The Bertz CT molecular complexity index is 394. The van der Waals surface area contributed by atoms with Crippen LogP contribution in [-0.2, 0) is 11.0 Å². The zero-order chi connectivity index (χ0) is 11.2. The van der Waals surface area contributed by atoms with Crippen molar-refractivity contribution >= 4 is 5.97 Å². The van der Waals surface area contributed by atoms with E-state index in [2.05, 4.69) is 4.42 Å². The Labute approximate surface area is 82.5 Å². The minimum absolute atomic E-state index is 0.106. The van der Waals surface area contributed by atoms with E-state index in [0.717, 1.165) is 6.07 Å². The van der Waals surface area contributed by atoms with Gasteiger partial charge in [0.15, 0.2) is 0 Å². The van der Waals surface area contributed by atoms with Crippen LogP contribution in [-0.4, -0.2) is 11.1 Å². The maximum atomic E-state index is 12.1. The molecule has 0 bridgehead atoms. The van der Waals surface area contributed by atoms with Gasteiger partial charge in [-0.3, -0.25) is 4.79 Å². The van der Waals surface area contributed by atoms with Gasteiger partial charge in [-0.15, -0.1) is 0 Å². The lowest BCUT2D eigenvalue weighted by molar-refractivity contribution is -0.153. The van der Waals surface area contributed by atoms with Gasteiger partial charge in [0.25, 0.3) is 0 Å². The number of carbonyl (C=O) groups is 1. The van der Waals surface area contributed by atoms with Gasteiger partial charge in [0, 0.05) is 5.92 Å². The lowest BCUT2D eigenvalue weighted by Gasteiger charge is -2.00. The van der Waals surface area contributed by atoms with Crippen LogP contribution in [0.25, 0.3) is 0 Å². The quantitative estimate of drug-likeness (QED) is 0.832. The number of hydrogen-bond donors (Lipinski definition) is 1. The van der Waals surface area contributed by atoms with Crippen LogP contribution in [0.2, 0.25) is 0 Å². The third kappa shape index (κ3) is 1.84. The highest BCUT2D eigenvalue weighted by atomic mass is 19.4. The van der Waals surface area contributed by atoms with E-state index in [9.17, 15) is 18.0 Å². The molecule has 6 heteroatoms. The van der Waals surface area contributed by atoms with E-state index in [4.69, 9.17) is 5.11 Å². The summed E-state index contributed by atoms with van der Waals surface area (Å²) in [5.74, 6) is -2.97. The maximum absolute atomic E-state index is 12.1. The van der Waals surface area contributed by atoms with Gasteiger partial charge in [-0.2, -0.15) is 13.2 Å². The Morgan fingerprint density at radius 3 is 2.53 bits per heavy atom. The number of hydrogen-bond acceptors (Lipinski definition) is 2. The molecule has 1 fully saturated rings. The van der Waals surface area contributed by atoms with E-state index in [1.807, 2.05) is 0 Å². The Kier molecular flexibility index (Phi) is 2.02. The molecule has 0 saturated heterocycles. The molecule has 15 heavy (non-hydrogen) atoms. The van der Waals surface area contributed by atoms with Crippen molar-refractivity contribution in [2.75, 3.05) is 0 Å². The molecule has 3 nitrogen and oxygen atoms in total. The molecule has 1 heterocycles. The molecule has 0 radical (unpaired) electrons. The summed E-state index contributed by atoms with van der Waals surface area (Å²) >= 11 is 0. The first-order valence-corrected chi connectivity index (χ1v) is 4.29. The summed E-state index contributed by atoms with van der Waals surface area (Å²) < 4.78 is 41.0. The minimum atomic E-state index is -4.51. The topological polar surface area (TPSA) is 50.4 Å². The van der Waals surface area contributed by atoms with Crippen molar-refractivity contribution in [2.45, 2.75) is 18.5 Å². The number of carboxylic acid groups (broad SMARTS) is 1. The van der Waals surface area contributed by atoms with Gasteiger partial charge < -0.3 is 9.52 Å². The number of alkyl halides is 3. The lowest BCUT2D eigenvalue weighted by Crippen LogP contribution is -2.02. The molecule has 0 spiro atoms. The Balaban J connectivity index is 2.13. The lowest BCUT2D eigenvalue weighted by atomic mass is 10.2. The summed E-state index contributed by atoms with van der Waals surface area (Å²) in [7, 11) is 0. The second kappa shape index (κ2) is 3.01. The van der Waals surface area contributed by atoms with Gasteiger partial charge in [-0.05, 0) is 18.6 Å². The zero-order valence-electron chi connectivity index (χ0n) is 7.41. The molecule has 1 aliphatic carbocycles. The van der Waals surface area contributed by atoms with E-state index in [1.54, 1.807) is 0 Å². The van der Waals surface area contributed by atoms with E-state index in [-0.39, 0.29) is 5.76 Å². The number of carboxylic acids is 1. The molecule has 1 aliphatic rings. The fourth-order valence-electron chi connectivity index (χ4n) is 1.49. The maximum Gasteiger partial charge on any atom is 0.449 e. The molecular weight excluding hydrogens is 213 g/mol. The highest BCUT2D eigenvalue weighted by molar-refractivity contribution is 5.74. The molecule has 1 saturated carbocycles. The average molecular weight is 220 g/mol. The first kappa shape index (κ1) is 10.1. The number of rotatable bonds is 2. The van der Waals surface area contributed by atoms with Gasteiger partial charge >= 0.3 is 12.1 Å². The number of halogens is 3. The normalized spacial score (nSPS) is 25.3. The fraction of sp³-hybridized carbons (Fsp3) is 0.444. The predicted molar refractivity (Wildman–Crippen MR) is 42.2 cm³/mol. The molecule has 0 aromatic carbocycles. The van der Waals surface area contributed by atoms with Crippen LogP contribution >= 0.6 is 0 Å². The summed E-state index contributed by atoms with van der Waals surface area (Å²) in [6.45, 7) is 0. The molecular formula is C9H7F3O3. The Morgan fingerprint density at radius 2 is 2.13 bits per heavy atom. The van der Waals surface area contributed by atoms with Crippen LogP contribution in [0.15, 0.2) is 16.5 Å². The third-order valence-electron chi connectivity index (χ3n) is 2.38. The molecule has 1 N–H and O–H groups in total. The second-order valence-corrected chi connectivity index (χ2v) is 3.49. The summed E-state index contributed by atoms with van der Waals surface area (Å²) in [5, 5.41) is 8.59. The first-order chi connectivity index (χ1) is 6.89. The van der Waals surface area contributed by atoms with Crippen molar-refractivity contribution < 1.29 is 27.5 Å². The Morgan fingerprint density at radius 1 is 1.47 bits per heavy atom. The van der Waals surface area contributed by atoms with E-state index in [1.165, 1.54) is 6.07 Å².